The van der Waals surface area contributed by atoms with Crippen molar-refractivity contribution in [1.82, 2.24) is 0 Å². The lowest BCUT2D eigenvalue weighted by Gasteiger charge is -2.51. The molecule has 3 aliphatic rings. The summed E-state index contributed by atoms with van der Waals surface area (Å²) >= 11 is 0. The molecule has 2 atom stereocenters. The summed E-state index contributed by atoms with van der Waals surface area (Å²) in [6, 6.07) is 26.5. The summed E-state index contributed by atoms with van der Waals surface area (Å²) in [5, 5.41) is 3.34. The fourth-order valence-corrected chi connectivity index (χ4v) is 5.92. The van der Waals surface area contributed by atoms with Gasteiger partial charge in [0.25, 0.3) is 0 Å². The number of esters is 1. The molecule has 0 aromatic heterocycles. The summed E-state index contributed by atoms with van der Waals surface area (Å²) in [4.78, 5) is 38.5. The van der Waals surface area contributed by atoms with Crippen LogP contribution in [-0.2, 0) is 9.53 Å². The van der Waals surface area contributed by atoms with E-state index in [2.05, 4.69) is 5.32 Å². The molecule has 0 radical (unpaired) electrons. The van der Waals surface area contributed by atoms with Crippen molar-refractivity contribution in [2.45, 2.75) is 31.8 Å². The van der Waals surface area contributed by atoms with E-state index in [0.29, 0.717) is 35.6 Å². The molecule has 3 aromatic rings. The van der Waals surface area contributed by atoms with Crippen molar-refractivity contribution >= 4 is 23.2 Å². The van der Waals surface area contributed by atoms with E-state index in [0.717, 1.165) is 42.7 Å². The van der Waals surface area contributed by atoms with Gasteiger partial charge in [-0.2, -0.15) is 0 Å². The average molecular weight is 512 g/mol. The molecule has 0 amide bonds. The van der Waals surface area contributed by atoms with E-state index in [1.807, 2.05) is 72.8 Å². The summed E-state index contributed by atoms with van der Waals surface area (Å²) in [5.74, 6) is -0.264. The zero-order chi connectivity index (χ0) is 26.5. The standard InChI is InChI=1S/C32H35N2O4/c1-23(35)27-13-8-14-28(19-27)33-20-29(24-9-4-2-5-10-24)32(37)38-31-22-34(17-15-26(31)16-18-34)21-30(36)25-11-6-3-7-12-25/h2-14,19,26,29,31,33H,15-18,20-22H2,1H3/q+1/t26?,29?,31-,34?/m0/s1. The first-order valence-electron chi connectivity index (χ1n) is 13.5. The Bertz CT molecular complexity index is 1280. The van der Waals surface area contributed by atoms with Crippen molar-refractivity contribution in [1.29, 1.82) is 0 Å². The number of carbonyl (C=O) groups excluding carboxylic acids is 3. The molecule has 3 heterocycles. The van der Waals surface area contributed by atoms with Gasteiger partial charge < -0.3 is 14.5 Å². The number of benzene rings is 3. The first kappa shape index (κ1) is 25.9. The van der Waals surface area contributed by atoms with Gasteiger partial charge in [-0.15, -0.1) is 0 Å². The van der Waals surface area contributed by atoms with Crippen molar-refractivity contribution in [2.75, 3.05) is 38.0 Å². The Morgan fingerprint density at radius 2 is 1.55 bits per heavy atom. The largest absolute Gasteiger partial charge is 0.456 e. The lowest BCUT2D eigenvalue weighted by atomic mass is 9.82. The molecule has 6 rings (SSSR count). The number of fused-ring (bicyclic) bond motifs is 3. The predicted molar refractivity (Wildman–Crippen MR) is 147 cm³/mol. The van der Waals surface area contributed by atoms with Gasteiger partial charge in [0.05, 0.1) is 19.0 Å². The molecule has 0 spiro atoms. The molecule has 0 saturated carbocycles. The van der Waals surface area contributed by atoms with Gasteiger partial charge in [-0.25, -0.2) is 0 Å². The third-order valence-corrected chi connectivity index (χ3v) is 8.15. The first-order valence-corrected chi connectivity index (χ1v) is 13.5. The van der Waals surface area contributed by atoms with Gasteiger partial charge in [0.2, 0.25) is 5.78 Å². The molecule has 3 saturated heterocycles. The number of nitrogens with one attached hydrogen (secondary N) is 1. The topological polar surface area (TPSA) is 72.5 Å². The van der Waals surface area contributed by atoms with Crippen LogP contribution in [0.25, 0.3) is 0 Å². The minimum Gasteiger partial charge on any atom is -0.456 e. The van der Waals surface area contributed by atoms with Crippen LogP contribution in [0.5, 0.6) is 0 Å². The second-order valence-corrected chi connectivity index (χ2v) is 10.7. The molecule has 196 valence electrons. The molecule has 1 unspecified atom stereocenters. The summed E-state index contributed by atoms with van der Waals surface area (Å²) in [5.41, 5.74) is 3.04. The number of quaternary nitrogens is 1. The van der Waals surface area contributed by atoms with Crippen molar-refractivity contribution in [3.8, 4) is 0 Å². The van der Waals surface area contributed by atoms with E-state index in [-0.39, 0.29) is 23.6 Å². The van der Waals surface area contributed by atoms with Crippen molar-refractivity contribution in [3.05, 3.63) is 102 Å². The number of piperidine rings is 3. The Labute approximate surface area is 224 Å². The van der Waals surface area contributed by atoms with Crippen LogP contribution in [-0.4, -0.2) is 60.8 Å². The first-order chi connectivity index (χ1) is 18.4. The number of rotatable bonds is 10. The Morgan fingerprint density at radius 1 is 0.895 bits per heavy atom. The van der Waals surface area contributed by atoms with Gasteiger partial charge in [-0.1, -0.05) is 72.8 Å². The Morgan fingerprint density at radius 3 is 2.24 bits per heavy atom. The zero-order valence-corrected chi connectivity index (χ0v) is 21.8. The van der Waals surface area contributed by atoms with Crippen LogP contribution in [0.3, 0.4) is 0 Å². The van der Waals surface area contributed by atoms with Gasteiger partial charge in [-0.3, -0.25) is 14.4 Å². The van der Waals surface area contributed by atoms with Gasteiger partial charge in [0, 0.05) is 42.1 Å². The van der Waals surface area contributed by atoms with Crippen LogP contribution in [0.2, 0.25) is 0 Å². The third kappa shape index (κ3) is 5.86. The molecule has 38 heavy (non-hydrogen) atoms. The van der Waals surface area contributed by atoms with Gasteiger partial charge in [-0.05, 0) is 24.6 Å². The number of hydrogen-bond acceptors (Lipinski definition) is 5. The molecule has 3 aliphatic heterocycles. The molecule has 6 heteroatoms. The van der Waals surface area contributed by atoms with Crippen LogP contribution >= 0.6 is 0 Å². The van der Waals surface area contributed by atoms with Gasteiger partial charge in [0.1, 0.15) is 13.1 Å². The molecule has 6 nitrogen and oxygen atoms in total. The third-order valence-electron chi connectivity index (χ3n) is 8.15. The Kier molecular flexibility index (Phi) is 7.70. The fourth-order valence-electron chi connectivity index (χ4n) is 5.92. The highest BCUT2D eigenvalue weighted by atomic mass is 16.5. The maximum absolute atomic E-state index is 13.6. The quantitative estimate of drug-likeness (QED) is 0.232. The highest BCUT2D eigenvalue weighted by Gasteiger charge is 2.49. The van der Waals surface area contributed by atoms with E-state index in [9.17, 15) is 14.4 Å². The summed E-state index contributed by atoms with van der Waals surface area (Å²) in [7, 11) is 0. The molecule has 2 bridgehead atoms. The molecule has 3 aromatic carbocycles. The summed E-state index contributed by atoms with van der Waals surface area (Å²) < 4.78 is 6.93. The highest BCUT2D eigenvalue weighted by molar-refractivity contribution is 5.97. The normalized spacial score (nSPS) is 22.9. The maximum Gasteiger partial charge on any atom is 0.315 e. The van der Waals surface area contributed by atoms with Crippen LogP contribution < -0.4 is 5.32 Å². The Balaban J connectivity index is 1.29. The van der Waals surface area contributed by atoms with Gasteiger partial charge >= 0.3 is 5.97 Å². The van der Waals surface area contributed by atoms with Crippen molar-refractivity contribution in [3.63, 3.8) is 0 Å². The molecular weight excluding hydrogens is 476 g/mol. The Hall–Kier alpha value is -3.77. The predicted octanol–water partition coefficient (Wildman–Crippen LogP) is 5.12. The molecule has 1 N–H and O–H groups in total. The second kappa shape index (κ2) is 11.3. The van der Waals surface area contributed by atoms with E-state index in [4.69, 9.17) is 4.74 Å². The van der Waals surface area contributed by atoms with Crippen LogP contribution in [0.1, 0.15) is 52.0 Å². The summed E-state index contributed by atoms with van der Waals surface area (Å²) in [6.45, 7) is 4.93. The lowest BCUT2D eigenvalue weighted by Crippen LogP contribution is -2.65. The van der Waals surface area contributed by atoms with Crippen LogP contribution in [0.15, 0.2) is 84.9 Å². The number of ketones is 2. The highest BCUT2D eigenvalue weighted by Crippen LogP contribution is 2.36. The number of hydrogen-bond donors (Lipinski definition) is 1. The zero-order valence-electron chi connectivity index (χ0n) is 21.8. The number of anilines is 1. The molecule has 0 aliphatic carbocycles. The fraction of sp³-hybridized carbons (Fsp3) is 0.344. The van der Waals surface area contributed by atoms with E-state index in [1.54, 1.807) is 19.1 Å². The van der Waals surface area contributed by atoms with E-state index >= 15 is 0 Å². The number of nitrogens with zero attached hydrogens (tertiary/aromatic N) is 1. The van der Waals surface area contributed by atoms with E-state index in [1.165, 1.54) is 0 Å². The number of carbonyl (C=O) groups is 3. The number of Topliss-reactive ketones (excluding diaryl/α,β-unsaturated/α-hetero) is 2. The van der Waals surface area contributed by atoms with Crippen molar-refractivity contribution in [2.24, 2.45) is 5.92 Å². The van der Waals surface area contributed by atoms with Gasteiger partial charge in [0.15, 0.2) is 11.9 Å². The van der Waals surface area contributed by atoms with Crippen LogP contribution in [0.4, 0.5) is 5.69 Å². The average Bonchev–Trinajstić information content (AvgIpc) is 2.95. The summed E-state index contributed by atoms with van der Waals surface area (Å²) in [6.07, 6.45) is 1.74. The SMILES string of the molecule is CC(=O)c1cccc(NCC(C(=O)O[C@H]2C[N+]3(CC(=O)c4ccccc4)CCC2CC3)c2ccccc2)c1. The lowest BCUT2D eigenvalue weighted by molar-refractivity contribution is -0.938. The monoisotopic (exact) mass is 511 g/mol. The minimum absolute atomic E-state index is 0.00202. The van der Waals surface area contributed by atoms with Crippen molar-refractivity contribution < 1.29 is 23.6 Å². The number of ether oxygens (including phenoxy) is 1. The minimum atomic E-state index is -0.493. The maximum atomic E-state index is 13.6. The molecule has 3 fully saturated rings. The second-order valence-electron chi connectivity index (χ2n) is 10.7. The van der Waals surface area contributed by atoms with E-state index < -0.39 is 5.92 Å². The smallest absolute Gasteiger partial charge is 0.315 e. The van der Waals surface area contributed by atoms with Crippen LogP contribution in [0, 0.1) is 5.92 Å². The molecular formula is C32H35N2O4+.